The Morgan fingerprint density at radius 2 is 1.81 bits per heavy atom. The zero-order chi connectivity index (χ0) is 25.1. The number of piperazine rings is 1. The summed E-state index contributed by atoms with van der Waals surface area (Å²) in [6.07, 6.45) is 7.85. The zero-order valence-electron chi connectivity index (χ0n) is 21.3. The van der Waals surface area contributed by atoms with E-state index in [1.165, 1.54) is 36.6 Å². The fourth-order valence-electron chi connectivity index (χ4n) is 6.10. The molecule has 1 saturated carbocycles. The normalized spacial score (nSPS) is 17.0. The largest absolute Gasteiger partial charge is 0.368 e. The van der Waals surface area contributed by atoms with Gasteiger partial charge in [0.1, 0.15) is 17.0 Å². The Labute approximate surface area is 216 Å². The maximum Gasteiger partial charge on any atom is 0.149 e. The minimum Gasteiger partial charge on any atom is -0.368 e. The third-order valence-electron chi connectivity index (χ3n) is 8.18. The molecule has 1 saturated heterocycles. The number of anilines is 1. The van der Waals surface area contributed by atoms with Gasteiger partial charge in [-0.3, -0.25) is 9.38 Å². The van der Waals surface area contributed by atoms with E-state index < -0.39 is 0 Å². The van der Waals surface area contributed by atoms with Gasteiger partial charge in [-0.15, -0.1) is 0 Å². The molecule has 1 aliphatic heterocycles. The van der Waals surface area contributed by atoms with Crippen molar-refractivity contribution >= 4 is 22.2 Å². The van der Waals surface area contributed by atoms with Gasteiger partial charge >= 0.3 is 0 Å². The van der Waals surface area contributed by atoms with Crippen LogP contribution in [0.4, 0.5) is 10.1 Å². The van der Waals surface area contributed by atoms with Crippen LogP contribution in [-0.2, 0) is 0 Å². The van der Waals surface area contributed by atoms with E-state index in [1.54, 1.807) is 0 Å². The highest BCUT2D eigenvalue weighted by Gasteiger charge is 2.40. The van der Waals surface area contributed by atoms with Crippen LogP contribution in [0.5, 0.6) is 0 Å². The van der Waals surface area contributed by atoms with Crippen LogP contribution in [0.25, 0.3) is 38.9 Å². The van der Waals surface area contributed by atoms with Gasteiger partial charge < -0.3 is 10.2 Å². The van der Waals surface area contributed by atoms with E-state index in [-0.39, 0.29) is 5.82 Å². The predicted octanol–water partition coefficient (Wildman–Crippen LogP) is 6.30. The van der Waals surface area contributed by atoms with Crippen LogP contribution in [-0.4, -0.2) is 39.5 Å². The van der Waals surface area contributed by atoms with Crippen LogP contribution < -0.4 is 10.2 Å². The Bertz CT molecular complexity index is 1650. The van der Waals surface area contributed by atoms with Crippen molar-refractivity contribution in [2.75, 3.05) is 24.5 Å². The highest BCUT2D eigenvalue weighted by atomic mass is 19.1. The summed E-state index contributed by atoms with van der Waals surface area (Å²) in [6, 6.07) is 18.7. The second-order valence-corrected chi connectivity index (χ2v) is 10.8. The minimum absolute atomic E-state index is 0.289. The molecule has 0 radical (unpaired) electrons. The molecule has 1 N–H and O–H groups in total. The van der Waals surface area contributed by atoms with Gasteiger partial charge in [-0.25, -0.2) is 9.37 Å². The Morgan fingerprint density at radius 1 is 0.973 bits per heavy atom. The Kier molecular flexibility index (Phi) is 5.08. The zero-order valence-corrected chi connectivity index (χ0v) is 21.3. The second kappa shape index (κ2) is 8.38. The summed E-state index contributed by atoms with van der Waals surface area (Å²) in [7, 11) is 0. The summed E-state index contributed by atoms with van der Waals surface area (Å²) in [5.74, 6) is -0.289. The van der Waals surface area contributed by atoms with Crippen molar-refractivity contribution in [2.24, 2.45) is 0 Å². The highest BCUT2D eigenvalue weighted by Crippen LogP contribution is 2.36. The lowest BCUT2D eigenvalue weighted by molar-refractivity contribution is 0.173. The first-order valence-corrected chi connectivity index (χ1v) is 13.1. The van der Waals surface area contributed by atoms with Gasteiger partial charge in [-0.05, 0) is 92.3 Å². The molecule has 186 valence electrons. The van der Waals surface area contributed by atoms with Crippen LogP contribution in [0.1, 0.15) is 30.5 Å². The Morgan fingerprint density at radius 3 is 2.59 bits per heavy atom. The van der Waals surface area contributed by atoms with Crippen LogP contribution >= 0.6 is 0 Å². The van der Waals surface area contributed by atoms with Crippen molar-refractivity contribution in [3.8, 4) is 22.4 Å². The molecule has 3 aromatic heterocycles. The molecule has 6 heteroatoms. The molecule has 1 aliphatic carbocycles. The van der Waals surface area contributed by atoms with Crippen LogP contribution in [0.2, 0.25) is 0 Å². The van der Waals surface area contributed by atoms with Crippen molar-refractivity contribution in [2.45, 2.75) is 38.6 Å². The lowest BCUT2D eigenvalue weighted by Crippen LogP contribution is -2.64. The fourth-order valence-corrected chi connectivity index (χ4v) is 6.10. The van der Waals surface area contributed by atoms with Gasteiger partial charge in [0, 0.05) is 53.7 Å². The molecular formula is C31H30FN5. The van der Waals surface area contributed by atoms with E-state index in [1.807, 2.05) is 32.2 Å². The number of hydrogen-bond acceptors (Lipinski definition) is 4. The third kappa shape index (κ3) is 3.78. The SMILES string of the molecule is Cc1cc(F)c2nc(C)cc(-c3cnc4cc(-c5ccc(N6CCNC7(CCC7)C6)cc5)ccn34)c2c1. The van der Waals surface area contributed by atoms with Crippen molar-refractivity contribution < 1.29 is 4.39 Å². The summed E-state index contributed by atoms with van der Waals surface area (Å²) < 4.78 is 16.8. The number of hydrogen-bond donors (Lipinski definition) is 1. The Hall–Kier alpha value is -3.77. The van der Waals surface area contributed by atoms with Gasteiger partial charge in [-0.2, -0.15) is 0 Å². The topological polar surface area (TPSA) is 45.5 Å². The fraction of sp³-hybridized carbons (Fsp3) is 0.290. The molecule has 37 heavy (non-hydrogen) atoms. The number of nitrogens with zero attached hydrogens (tertiary/aromatic N) is 4. The number of nitrogens with one attached hydrogen (secondary N) is 1. The highest BCUT2D eigenvalue weighted by molar-refractivity contribution is 5.95. The smallest absolute Gasteiger partial charge is 0.149 e. The average Bonchev–Trinajstić information content (AvgIpc) is 3.31. The van der Waals surface area contributed by atoms with Crippen LogP contribution in [0.3, 0.4) is 0 Å². The monoisotopic (exact) mass is 491 g/mol. The standard InChI is InChI=1S/C31H30FN5/c1-20-14-26-25(16-21(2)35-30(26)27(32)15-20)28-18-33-29-17-23(8-12-37(28)29)22-4-6-24(7-5-22)36-13-11-34-31(19-36)9-3-10-31/h4-8,12,14-18,34H,3,9-11,13,19H2,1-2H3. The number of imidazole rings is 1. The van der Waals surface area contributed by atoms with E-state index in [9.17, 15) is 4.39 Å². The van der Waals surface area contributed by atoms with Crippen molar-refractivity contribution in [1.82, 2.24) is 19.7 Å². The summed E-state index contributed by atoms with van der Waals surface area (Å²) in [4.78, 5) is 11.7. The number of aromatic nitrogens is 3. The van der Waals surface area contributed by atoms with Gasteiger partial charge in [0.2, 0.25) is 0 Å². The van der Waals surface area contributed by atoms with E-state index in [2.05, 4.69) is 62.2 Å². The molecule has 0 unspecified atom stereocenters. The Balaban J connectivity index is 1.22. The number of aryl methyl sites for hydroxylation is 2. The lowest BCUT2D eigenvalue weighted by atomic mass is 9.75. The van der Waals surface area contributed by atoms with Crippen molar-refractivity contribution in [1.29, 1.82) is 0 Å². The molecule has 4 heterocycles. The molecule has 0 atom stereocenters. The van der Waals surface area contributed by atoms with E-state index in [0.29, 0.717) is 11.1 Å². The average molecular weight is 492 g/mol. The van der Waals surface area contributed by atoms with E-state index in [0.717, 1.165) is 58.7 Å². The molecule has 1 spiro atoms. The lowest BCUT2D eigenvalue weighted by Gasteiger charge is -2.50. The van der Waals surface area contributed by atoms with Gasteiger partial charge in [-0.1, -0.05) is 12.1 Å². The minimum atomic E-state index is -0.289. The van der Waals surface area contributed by atoms with Crippen molar-refractivity contribution in [3.05, 3.63) is 84.1 Å². The maximum atomic E-state index is 14.7. The number of halogens is 1. The molecule has 7 rings (SSSR count). The molecule has 5 nitrogen and oxygen atoms in total. The first-order valence-electron chi connectivity index (χ1n) is 13.1. The van der Waals surface area contributed by atoms with E-state index in [4.69, 9.17) is 4.98 Å². The summed E-state index contributed by atoms with van der Waals surface area (Å²) in [6.45, 7) is 7.02. The predicted molar refractivity (Wildman–Crippen MR) is 148 cm³/mol. The molecule has 2 aromatic carbocycles. The van der Waals surface area contributed by atoms with Crippen LogP contribution in [0, 0.1) is 19.7 Å². The number of benzene rings is 2. The molecule has 0 amide bonds. The van der Waals surface area contributed by atoms with E-state index >= 15 is 0 Å². The van der Waals surface area contributed by atoms with Crippen molar-refractivity contribution in [3.63, 3.8) is 0 Å². The van der Waals surface area contributed by atoms with Crippen LogP contribution in [0.15, 0.2) is 67.0 Å². The molecule has 0 bridgehead atoms. The van der Waals surface area contributed by atoms with Gasteiger partial charge in [0.25, 0.3) is 0 Å². The maximum absolute atomic E-state index is 14.7. The molecule has 2 fully saturated rings. The summed E-state index contributed by atoms with van der Waals surface area (Å²) in [5.41, 5.74) is 8.73. The number of rotatable bonds is 3. The molecular weight excluding hydrogens is 461 g/mol. The first-order chi connectivity index (χ1) is 18.0. The number of fused-ring (bicyclic) bond motifs is 2. The molecule has 2 aliphatic rings. The summed E-state index contributed by atoms with van der Waals surface area (Å²) in [5, 5.41) is 4.55. The van der Waals surface area contributed by atoms with Gasteiger partial charge in [0.05, 0.1) is 11.9 Å². The summed E-state index contributed by atoms with van der Waals surface area (Å²) >= 11 is 0. The quantitative estimate of drug-likeness (QED) is 0.322. The van der Waals surface area contributed by atoms with Gasteiger partial charge in [0.15, 0.2) is 0 Å². The second-order valence-electron chi connectivity index (χ2n) is 10.8. The molecule has 5 aromatic rings. The third-order valence-corrected chi connectivity index (χ3v) is 8.18. The number of pyridine rings is 2. The first kappa shape index (κ1) is 22.4.